The van der Waals surface area contributed by atoms with Gasteiger partial charge in [0.1, 0.15) is 17.5 Å². The summed E-state index contributed by atoms with van der Waals surface area (Å²) in [6, 6.07) is 7.83. The molecule has 1 unspecified atom stereocenters. The molecule has 0 radical (unpaired) electrons. The third-order valence-corrected chi connectivity index (χ3v) is 5.14. The minimum atomic E-state index is -0.132. The number of nitrogens with zero attached hydrogens (tertiary/aromatic N) is 5. The normalized spacial score (nSPS) is 15.4. The van der Waals surface area contributed by atoms with Crippen molar-refractivity contribution in [3.8, 4) is 17.1 Å². The summed E-state index contributed by atoms with van der Waals surface area (Å²) >= 11 is 1.27. The smallest absolute Gasteiger partial charge is 0.230 e. The van der Waals surface area contributed by atoms with Gasteiger partial charge in [0, 0.05) is 25.1 Å². The number of aromatic nitrogens is 5. The van der Waals surface area contributed by atoms with Gasteiger partial charge in [-0.25, -0.2) is 4.68 Å². The number of rotatable bonds is 6. The number of nitrogens with one attached hydrogen (secondary N) is 1. The van der Waals surface area contributed by atoms with Crippen molar-refractivity contribution in [3.63, 3.8) is 0 Å². The molecule has 0 saturated carbocycles. The van der Waals surface area contributed by atoms with Crippen LogP contribution < -0.4 is 10.1 Å². The number of amides is 1. The molecule has 0 saturated heterocycles. The van der Waals surface area contributed by atoms with E-state index in [4.69, 9.17) is 9.26 Å². The summed E-state index contributed by atoms with van der Waals surface area (Å²) in [5.41, 5.74) is 2.76. The lowest BCUT2D eigenvalue weighted by atomic mass is 10.1. The molecule has 27 heavy (non-hydrogen) atoms. The van der Waals surface area contributed by atoms with Crippen molar-refractivity contribution >= 4 is 17.7 Å². The summed E-state index contributed by atoms with van der Waals surface area (Å²) < 4.78 is 12.7. The molecule has 1 N–H and O–H groups in total. The largest absolute Gasteiger partial charge is 0.490 e. The second-order valence-corrected chi connectivity index (χ2v) is 7.23. The van der Waals surface area contributed by atoms with Crippen LogP contribution in [0.5, 0.6) is 5.75 Å². The van der Waals surface area contributed by atoms with Crippen molar-refractivity contribution in [3.05, 3.63) is 35.5 Å². The summed E-state index contributed by atoms with van der Waals surface area (Å²) in [6.45, 7) is 2.34. The Morgan fingerprint density at radius 1 is 1.41 bits per heavy atom. The van der Waals surface area contributed by atoms with Crippen molar-refractivity contribution in [1.29, 1.82) is 0 Å². The van der Waals surface area contributed by atoms with E-state index < -0.39 is 0 Å². The van der Waals surface area contributed by atoms with Crippen molar-refractivity contribution in [2.45, 2.75) is 31.1 Å². The number of aryl methyl sites for hydroxylation is 1. The van der Waals surface area contributed by atoms with Gasteiger partial charge in [0.05, 0.1) is 12.3 Å². The summed E-state index contributed by atoms with van der Waals surface area (Å²) in [5, 5.41) is 18.5. The molecule has 1 aliphatic rings. The lowest BCUT2D eigenvalue weighted by Gasteiger charge is -2.03. The van der Waals surface area contributed by atoms with E-state index in [1.807, 2.05) is 25.1 Å². The van der Waals surface area contributed by atoms with Gasteiger partial charge in [-0.3, -0.25) is 4.79 Å². The zero-order chi connectivity index (χ0) is 18.8. The van der Waals surface area contributed by atoms with Crippen molar-refractivity contribution in [2.24, 2.45) is 7.05 Å². The average Bonchev–Trinajstić information content (AvgIpc) is 3.36. The SMILES string of the molecule is CC1Cc2ccc(-c3cc(CNC(=O)CSc4nnnn4C)no3)cc2O1. The van der Waals surface area contributed by atoms with Crippen LogP contribution >= 0.6 is 11.8 Å². The van der Waals surface area contributed by atoms with Crippen LogP contribution in [0.15, 0.2) is 33.9 Å². The van der Waals surface area contributed by atoms with E-state index in [0.29, 0.717) is 23.2 Å². The number of fused-ring (bicyclic) bond motifs is 1. The third kappa shape index (κ3) is 3.95. The van der Waals surface area contributed by atoms with Gasteiger partial charge in [0.25, 0.3) is 0 Å². The average molecular weight is 386 g/mol. The van der Waals surface area contributed by atoms with Gasteiger partial charge in [0.2, 0.25) is 11.1 Å². The van der Waals surface area contributed by atoms with Crippen LogP contribution in [0.4, 0.5) is 0 Å². The van der Waals surface area contributed by atoms with Crippen LogP contribution in [0.25, 0.3) is 11.3 Å². The Bertz CT molecular complexity index is 969. The molecule has 0 aliphatic carbocycles. The summed E-state index contributed by atoms with van der Waals surface area (Å²) in [5.74, 6) is 1.62. The van der Waals surface area contributed by atoms with Crippen molar-refractivity contribution in [2.75, 3.05) is 5.75 Å². The Morgan fingerprint density at radius 3 is 3.11 bits per heavy atom. The first-order chi connectivity index (χ1) is 13.1. The molecular formula is C17H18N6O3S. The Hall–Kier alpha value is -2.88. The second kappa shape index (κ2) is 7.39. The number of carbonyl (C=O) groups excluding carboxylic acids is 1. The number of hydrogen-bond donors (Lipinski definition) is 1. The number of thioether (sulfide) groups is 1. The van der Waals surface area contributed by atoms with Gasteiger partial charge in [-0.15, -0.1) is 5.10 Å². The van der Waals surface area contributed by atoms with E-state index in [-0.39, 0.29) is 17.8 Å². The fraction of sp³-hybridized carbons (Fsp3) is 0.353. The van der Waals surface area contributed by atoms with E-state index in [2.05, 4.69) is 32.1 Å². The lowest BCUT2D eigenvalue weighted by molar-refractivity contribution is -0.118. The summed E-state index contributed by atoms with van der Waals surface area (Å²) in [4.78, 5) is 12.0. The van der Waals surface area contributed by atoms with Gasteiger partial charge >= 0.3 is 0 Å². The molecule has 140 valence electrons. The number of tetrazole rings is 1. The van der Waals surface area contributed by atoms with Gasteiger partial charge in [0.15, 0.2) is 5.76 Å². The van der Waals surface area contributed by atoms with Crippen LogP contribution in [0, 0.1) is 0 Å². The molecular weight excluding hydrogens is 368 g/mol. The number of ether oxygens (including phenoxy) is 1. The highest BCUT2D eigenvalue weighted by atomic mass is 32.2. The summed E-state index contributed by atoms with van der Waals surface area (Å²) in [7, 11) is 1.72. The maximum atomic E-state index is 12.0. The first-order valence-corrected chi connectivity index (χ1v) is 9.44. The van der Waals surface area contributed by atoms with Gasteiger partial charge in [-0.05, 0) is 29.0 Å². The molecule has 1 aliphatic heterocycles. The lowest BCUT2D eigenvalue weighted by Crippen LogP contribution is -2.24. The number of carbonyl (C=O) groups is 1. The summed E-state index contributed by atoms with van der Waals surface area (Å²) in [6.07, 6.45) is 1.12. The highest BCUT2D eigenvalue weighted by Gasteiger charge is 2.20. The molecule has 1 atom stereocenters. The predicted octanol–water partition coefficient (Wildman–Crippen LogP) is 1.60. The fourth-order valence-electron chi connectivity index (χ4n) is 2.80. The predicted molar refractivity (Wildman–Crippen MR) is 97.1 cm³/mol. The molecule has 0 spiro atoms. The maximum Gasteiger partial charge on any atom is 0.230 e. The zero-order valence-corrected chi connectivity index (χ0v) is 15.7. The molecule has 4 rings (SSSR count). The minimum Gasteiger partial charge on any atom is -0.490 e. The van der Waals surface area contributed by atoms with Crippen LogP contribution in [-0.2, 0) is 24.8 Å². The quantitative estimate of drug-likeness (QED) is 0.637. The van der Waals surface area contributed by atoms with E-state index in [1.54, 1.807) is 7.05 Å². The number of benzene rings is 1. The van der Waals surface area contributed by atoms with Crippen molar-refractivity contribution < 1.29 is 14.1 Å². The Morgan fingerprint density at radius 2 is 2.30 bits per heavy atom. The Kier molecular flexibility index (Phi) is 4.80. The monoisotopic (exact) mass is 386 g/mol. The number of hydrogen-bond acceptors (Lipinski definition) is 8. The molecule has 0 bridgehead atoms. The molecule has 3 heterocycles. The Labute approximate surface area is 159 Å². The first-order valence-electron chi connectivity index (χ1n) is 8.46. The Balaban J connectivity index is 1.33. The minimum absolute atomic E-state index is 0.132. The standard InChI is InChI=1S/C17H18N6O3S/c1-10-5-11-3-4-12(6-14(11)25-10)15-7-13(20-26-15)8-18-16(24)9-27-17-19-21-22-23(17)2/h3-4,6-7,10H,5,8-9H2,1-2H3,(H,18,24). The fourth-order valence-corrected chi connectivity index (χ4v) is 3.48. The molecule has 3 aromatic rings. The molecule has 1 amide bonds. The van der Waals surface area contributed by atoms with Crippen molar-refractivity contribution in [1.82, 2.24) is 30.7 Å². The zero-order valence-electron chi connectivity index (χ0n) is 14.9. The molecule has 0 fully saturated rings. The van der Waals surface area contributed by atoms with Crippen LogP contribution in [0.2, 0.25) is 0 Å². The van der Waals surface area contributed by atoms with E-state index >= 15 is 0 Å². The van der Waals surface area contributed by atoms with E-state index in [1.165, 1.54) is 22.0 Å². The van der Waals surface area contributed by atoms with Gasteiger partial charge < -0.3 is 14.6 Å². The van der Waals surface area contributed by atoms with Crippen LogP contribution in [0.3, 0.4) is 0 Å². The molecule has 2 aromatic heterocycles. The van der Waals surface area contributed by atoms with Gasteiger partial charge in [-0.1, -0.05) is 29.1 Å². The van der Waals surface area contributed by atoms with Gasteiger partial charge in [-0.2, -0.15) is 0 Å². The molecule has 1 aromatic carbocycles. The molecule has 9 nitrogen and oxygen atoms in total. The maximum absolute atomic E-state index is 12.0. The molecule has 10 heteroatoms. The van der Waals surface area contributed by atoms with Crippen LogP contribution in [0.1, 0.15) is 18.2 Å². The van der Waals surface area contributed by atoms with E-state index in [9.17, 15) is 4.79 Å². The second-order valence-electron chi connectivity index (χ2n) is 6.29. The third-order valence-electron chi connectivity index (χ3n) is 4.13. The topological polar surface area (TPSA) is 108 Å². The first kappa shape index (κ1) is 17.5. The van der Waals surface area contributed by atoms with Crippen LogP contribution in [-0.4, -0.2) is 43.1 Å². The highest BCUT2D eigenvalue weighted by molar-refractivity contribution is 7.99. The van der Waals surface area contributed by atoms with E-state index in [0.717, 1.165) is 17.7 Å². The highest BCUT2D eigenvalue weighted by Crippen LogP contribution is 2.33.